The molecular weight excluding hydrogens is 276 g/mol. The maximum absolute atomic E-state index is 12.1. The Labute approximate surface area is 120 Å². The quantitative estimate of drug-likeness (QED) is 0.836. The van der Waals surface area contributed by atoms with Gasteiger partial charge in [0.15, 0.2) is 9.84 Å². The summed E-state index contributed by atoms with van der Waals surface area (Å²) in [4.78, 5) is 12.1. The van der Waals surface area contributed by atoms with Crippen LogP contribution in [0.25, 0.3) is 0 Å². The summed E-state index contributed by atoms with van der Waals surface area (Å²) in [5.74, 6) is -0.514. The smallest absolute Gasteiger partial charge is 0.242 e. The number of hydrogen-bond acceptors (Lipinski definition) is 4. The van der Waals surface area contributed by atoms with Crippen molar-refractivity contribution in [3.8, 4) is 0 Å². The van der Waals surface area contributed by atoms with E-state index in [1.165, 1.54) is 6.92 Å². The molecule has 0 radical (unpaired) electrons. The summed E-state index contributed by atoms with van der Waals surface area (Å²) in [7, 11) is -3.46. The van der Waals surface area contributed by atoms with Crippen molar-refractivity contribution in [3.63, 3.8) is 0 Å². The number of carbonyl (C=O) groups excluding carboxylic acids is 1. The fourth-order valence-corrected chi connectivity index (χ4v) is 3.27. The van der Waals surface area contributed by atoms with Gasteiger partial charge in [-0.05, 0) is 38.0 Å². The molecule has 6 heteroatoms. The molecule has 0 heterocycles. The minimum absolute atomic E-state index is 0.366. The van der Waals surface area contributed by atoms with E-state index in [-0.39, 0.29) is 0 Å². The van der Waals surface area contributed by atoms with Crippen molar-refractivity contribution in [3.05, 3.63) is 29.8 Å². The van der Waals surface area contributed by atoms with E-state index >= 15 is 0 Å². The van der Waals surface area contributed by atoms with Gasteiger partial charge in [-0.3, -0.25) is 4.79 Å². The van der Waals surface area contributed by atoms with Crippen LogP contribution >= 0.6 is 0 Å². The van der Waals surface area contributed by atoms with Gasteiger partial charge in [0, 0.05) is 12.2 Å². The zero-order valence-corrected chi connectivity index (χ0v) is 12.9. The van der Waals surface area contributed by atoms with Crippen LogP contribution in [0.5, 0.6) is 0 Å². The van der Waals surface area contributed by atoms with Gasteiger partial charge in [-0.15, -0.1) is 0 Å². The van der Waals surface area contributed by atoms with Crippen molar-refractivity contribution in [1.29, 1.82) is 0 Å². The molecule has 0 spiro atoms. The third-order valence-corrected chi connectivity index (χ3v) is 6.08. The van der Waals surface area contributed by atoms with Crippen LogP contribution in [-0.4, -0.2) is 24.8 Å². The third kappa shape index (κ3) is 3.80. The molecule has 0 bridgehead atoms. The number of anilines is 1. The van der Waals surface area contributed by atoms with E-state index in [0.29, 0.717) is 18.7 Å². The average molecular weight is 298 g/mol. The SMILES string of the molecule is CCC(C)S(=O)(=O)C(C)C(=O)Nc1cccc(CN)c1. The molecule has 1 amide bonds. The van der Waals surface area contributed by atoms with Crippen LogP contribution in [0.2, 0.25) is 0 Å². The molecule has 0 saturated heterocycles. The lowest BCUT2D eigenvalue weighted by Crippen LogP contribution is -2.37. The van der Waals surface area contributed by atoms with Crippen molar-refractivity contribution in [2.45, 2.75) is 44.2 Å². The first-order valence-corrected chi connectivity index (χ1v) is 8.26. The summed E-state index contributed by atoms with van der Waals surface area (Å²) in [6, 6.07) is 7.06. The lowest BCUT2D eigenvalue weighted by Gasteiger charge is -2.17. The molecule has 1 aromatic rings. The summed E-state index contributed by atoms with van der Waals surface area (Å²) in [6.45, 7) is 5.19. The zero-order chi connectivity index (χ0) is 15.3. The van der Waals surface area contributed by atoms with E-state index in [0.717, 1.165) is 5.56 Å². The number of sulfone groups is 1. The number of amides is 1. The lowest BCUT2D eigenvalue weighted by molar-refractivity contribution is -0.115. The minimum Gasteiger partial charge on any atom is -0.326 e. The molecule has 2 atom stereocenters. The molecule has 0 aromatic heterocycles. The van der Waals surface area contributed by atoms with Crippen LogP contribution in [0.1, 0.15) is 32.8 Å². The molecule has 1 rings (SSSR count). The van der Waals surface area contributed by atoms with Gasteiger partial charge < -0.3 is 11.1 Å². The van der Waals surface area contributed by atoms with Crippen molar-refractivity contribution in [1.82, 2.24) is 0 Å². The molecule has 112 valence electrons. The third-order valence-electron chi connectivity index (χ3n) is 3.43. The molecule has 0 aliphatic heterocycles. The monoisotopic (exact) mass is 298 g/mol. The summed E-state index contributed by atoms with van der Waals surface area (Å²) in [5, 5.41) is 1.03. The summed E-state index contributed by atoms with van der Waals surface area (Å²) >= 11 is 0. The summed E-state index contributed by atoms with van der Waals surface area (Å²) in [6.07, 6.45) is 0.489. The van der Waals surface area contributed by atoms with Crippen molar-refractivity contribution >= 4 is 21.4 Å². The maximum Gasteiger partial charge on any atom is 0.242 e. The van der Waals surface area contributed by atoms with E-state index in [2.05, 4.69) is 5.32 Å². The standard InChI is InChI=1S/C14H22N2O3S/c1-4-10(2)20(18,19)11(3)14(17)16-13-7-5-6-12(8-13)9-15/h5-8,10-11H,4,9,15H2,1-3H3,(H,16,17). The van der Waals surface area contributed by atoms with E-state index in [9.17, 15) is 13.2 Å². The molecule has 0 fully saturated rings. The van der Waals surface area contributed by atoms with Crippen LogP contribution in [0.15, 0.2) is 24.3 Å². The van der Waals surface area contributed by atoms with Gasteiger partial charge in [-0.2, -0.15) is 0 Å². The van der Waals surface area contributed by atoms with Crippen molar-refractivity contribution < 1.29 is 13.2 Å². The fraction of sp³-hybridized carbons (Fsp3) is 0.500. The molecule has 2 unspecified atom stereocenters. The van der Waals surface area contributed by atoms with Crippen LogP contribution in [-0.2, 0) is 21.2 Å². The average Bonchev–Trinajstić information content (AvgIpc) is 2.45. The Kier molecular flexibility index (Phi) is 5.71. The first-order valence-electron chi connectivity index (χ1n) is 6.65. The normalized spacial score (nSPS) is 14.6. The summed E-state index contributed by atoms with van der Waals surface area (Å²) in [5.41, 5.74) is 6.96. The Bertz CT molecular complexity index is 570. The van der Waals surface area contributed by atoms with E-state index in [1.807, 2.05) is 6.07 Å². The Balaban J connectivity index is 2.85. The van der Waals surface area contributed by atoms with Gasteiger partial charge in [0.1, 0.15) is 5.25 Å². The number of nitrogens with one attached hydrogen (secondary N) is 1. The molecule has 0 aliphatic carbocycles. The first kappa shape index (κ1) is 16.7. The van der Waals surface area contributed by atoms with Gasteiger partial charge in [0.2, 0.25) is 5.91 Å². The number of nitrogens with two attached hydrogens (primary N) is 1. The van der Waals surface area contributed by atoms with Crippen LogP contribution < -0.4 is 11.1 Å². The van der Waals surface area contributed by atoms with E-state index in [1.54, 1.807) is 32.0 Å². The molecule has 1 aromatic carbocycles. The molecule has 5 nitrogen and oxygen atoms in total. The highest BCUT2D eigenvalue weighted by Gasteiger charge is 2.32. The molecule has 20 heavy (non-hydrogen) atoms. The largest absolute Gasteiger partial charge is 0.326 e. The van der Waals surface area contributed by atoms with Crippen molar-refractivity contribution in [2.24, 2.45) is 5.73 Å². The molecule has 0 aliphatic rings. The first-order chi connectivity index (χ1) is 9.32. The lowest BCUT2D eigenvalue weighted by atomic mass is 10.2. The van der Waals surface area contributed by atoms with Gasteiger partial charge >= 0.3 is 0 Å². The van der Waals surface area contributed by atoms with Crippen LogP contribution in [0.3, 0.4) is 0 Å². The second kappa shape index (κ2) is 6.85. The zero-order valence-electron chi connectivity index (χ0n) is 12.1. The van der Waals surface area contributed by atoms with E-state index in [4.69, 9.17) is 5.73 Å². The highest BCUT2D eigenvalue weighted by atomic mass is 32.2. The van der Waals surface area contributed by atoms with Gasteiger partial charge in [-0.1, -0.05) is 19.1 Å². The Morgan fingerprint density at radius 3 is 2.55 bits per heavy atom. The van der Waals surface area contributed by atoms with Crippen LogP contribution in [0, 0.1) is 0 Å². The van der Waals surface area contributed by atoms with Gasteiger partial charge in [0.25, 0.3) is 0 Å². The predicted octanol–water partition coefficient (Wildman–Crippen LogP) is 1.69. The van der Waals surface area contributed by atoms with Crippen LogP contribution in [0.4, 0.5) is 5.69 Å². The minimum atomic E-state index is -3.46. The van der Waals surface area contributed by atoms with Gasteiger partial charge in [-0.25, -0.2) is 8.42 Å². The number of benzene rings is 1. The number of carbonyl (C=O) groups is 1. The highest BCUT2D eigenvalue weighted by Crippen LogP contribution is 2.16. The Morgan fingerprint density at radius 1 is 1.35 bits per heavy atom. The topological polar surface area (TPSA) is 89.3 Å². The van der Waals surface area contributed by atoms with Crippen molar-refractivity contribution in [2.75, 3.05) is 5.32 Å². The molecule has 0 saturated carbocycles. The summed E-state index contributed by atoms with van der Waals surface area (Å²) < 4.78 is 24.3. The second-order valence-electron chi connectivity index (χ2n) is 4.84. The predicted molar refractivity (Wildman–Crippen MR) is 81.1 cm³/mol. The van der Waals surface area contributed by atoms with E-state index < -0.39 is 26.2 Å². The highest BCUT2D eigenvalue weighted by molar-refractivity contribution is 7.93. The Hall–Kier alpha value is -1.40. The number of rotatable bonds is 6. The maximum atomic E-state index is 12.1. The molecule has 3 N–H and O–H groups in total. The Morgan fingerprint density at radius 2 is 2.00 bits per heavy atom. The van der Waals surface area contributed by atoms with Gasteiger partial charge in [0.05, 0.1) is 5.25 Å². The number of hydrogen-bond donors (Lipinski definition) is 2. The second-order valence-corrected chi connectivity index (χ2v) is 7.53. The molecular formula is C14H22N2O3S. The fourth-order valence-electron chi connectivity index (χ4n) is 1.75.